The Bertz CT molecular complexity index is 1170. The molecule has 2 aromatic carbocycles. The van der Waals surface area contributed by atoms with E-state index in [4.69, 9.17) is 9.47 Å². The van der Waals surface area contributed by atoms with Gasteiger partial charge in [-0.25, -0.2) is 4.31 Å². The molecule has 1 aliphatic carbocycles. The molecule has 1 aliphatic heterocycles. The van der Waals surface area contributed by atoms with Gasteiger partial charge in [-0.05, 0) is 110 Å². The largest absolute Gasteiger partial charge is 0.497 e. The van der Waals surface area contributed by atoms with Crippen molar-refractivity contribution in [3.63, 3.8) is 0 Å². The van der Waals surface area contributed by atoms with Crippen LogP contribution in [0.2, 0.25) is 0 Å². The van der Waals surface area contributed by atoms with E-state index in [1.54, 1.807) is 20.6 Å². The lowest BCUT2D eigenvalue weighted by Gasteiger charge is -2.26. The zero-order chi connectivity index (χ0) is 27.6. The first-order valence-electron chi connectivity index (χ1n) is 13.9. The maximum absolute atomic E-state index is 5.67. The average molecular weight is 550 g/mol. The molecule has 1 unspecified atom stereocenters. The average Bonchev–Trinajstić information content (AvgIpc) is 2.89. The number of ether oxygens (including phenoxy) is 2. The molecule has 39 heavy (non-hydrogen) atoms. The Morgan fingerprint density at radius 1 is 1.13 bits per heavy atom. The Morgan fingerprint density at radius 3 is 2.56 bits per heavy atom. The molecule has 2 aliphatic rings. The minimum atomic E-state index is 0.135. The maximum Gasteiger partial charge on any atom is 0.142 e. The fraction of sp³-hybridized carbons (Fsp3) is 0.452. The van der Waals surface area contributed by atoms with Gasteiger partial charge >= 0.3 is 0 Å². The number of nitrogens with zero attached hydrogens (tertiary/aromatic N) is 2. The van der Waals surface area contributed by atoms with Gasteiger partial charge in [0, 0.05) is 30.2 Å². The van der Waals surface area contributed by atoms with Crippen LogP contribution in [-0.2, 0) is 0 Å². The highest BCUT2D eigenvalue weighted by Crippen LogP contribution is 2.35. The summed E-state index contributed by atoms with van der Waals surface area (Å²) in [5.41, 5.74) is 4.91. The van der Waals surface area contributed by atoms with Crippen LogP contribution in [0, 0.1) is 5.92 Å². The Morgan fingerprint density at radius 2 is 1.92 bits per heavy atom. The van der Waals surface area contributed by atoms with E-state index in [2.05, 4.69) is 82.4 Å². The van der Waals surface area contributed by atoms with Crippen LogP contribution in [-0.4, -0.2) is 50.5 Å². The van der Waals surface area contributed by atoms with Gasteiger partial charge in [0.05, 0.1) is 32.3 Å². The van der Waals surface area contributed by atoms with Gasteiger partial charge in [0.25, 0.3) is 0 Å². The number of methoxy groups -OCH3 is 2. The topological polar surface area (TPSA) is 70.2 Å². The summed E-state index contributed by atoms with van der Waals surface area (Å²) in [6, 6.07) is 14.9. The number of hydrogen-bond acceptors (Lipinski definition) is 8. The molecule has 1 fully saturated rings. The molecule has 8 heteroatoms. The molecule has 4 rings (SSSR count). The van der Waals surface area contributed by atoms with Crippen LogP contribution in [0.15, 0.2) is 69.8 Å². The summed E-state index contributed by atoms with van der Waals surface area (Å²) >= 11 is 1.83. The number of hydrogen-bond donors (Lipinski definition) is 3. The second-order valence-corrected chi connectivity index (χ2v) is 11.6. The second-order valence-electron chi connectivity index (χ2n) is 10.4. The first kappa shape index (κ1) is 28.9. The number of nitrogens with one attached hydrogen (secondary N) is 3. The van der Waals surface area contributed by atoms with Gasteiger partial charge in [0.15, 0.2) is 0 Å². The van der Waals surface area contributed by atoms with E-state index >= 15 is 0 Å². The quantitative estimate of drug-likeness (QED) is 0.183. The van der Waals surface area contributed by atoms with E-state index in [-0.39, 0.29) is 6.04 Å². The van der Waals surface area contributed by atoms with Crippen molar-refractivity contribution in [3.8, 4) is 11.5 Å². The number of aliphatic imine (C=N–C) groups is 1. The van der Waals surface area contributed by atoms with Gasteiger partial charge in [-0.3, -0.25) is 4.99 Å². The van der Waals surface area contributed by atoms with E-state index in [0.29, 0.717) is 5.92 Å². The number of rotatable bonds is 14. The molecule has 0 radical (unpaired) electrons. The first-order chi connectivity index (χ1) is 18.9. The van der Waals surface area contributed by atoms with Crippen LogP contribution in [0.5, 0.6) is 11.5 Å². The van der Waals surface area contributed by atoms with Crippen molar-refractivity contribution in [3.05, 3.63) is 65.5 Å². The standard InChI is InChI=1S/C31H43N5O2S/c1-22(2)20-36(39-27-13-11-26(37-4)12-14-27)17-7-16-32-31(24-8-6-9-24)25-10-15-29(38-5)28(19-25)35-30-18-23(3)33-21-34-30/h10-15,18-19,21-23,32,35H,6-9,16-17,20H2,1-5H3,(H,33,34). The third-order valence-electron chi connectivity index (χ3n) is 6.75. The van der Waals surface area contributed by atoms with E-state index in [1.165, 1.54) is 28.1 Å². The SMILES string of the molecule is COc1ccc(SN(CCCNC(=C2CCC2)c2ccc(OC)c(NC3=CC(C)N=CN3)c2)CC(C)C)cc1. The summed E-state index contributed by atoms with van der Waals surface area (Å²) in [5.74, 6) is 3.22. The summed E-state index contributed by atoms with van der Waals surface area (Å²) in [4.78, 5) is 5.58. The summed E-state index contributed by atoms with van der Waals surface area (Å²) in [6.45, 7) is 9.60. The van der Waals surface area contributed by atoms with Crippen molar-refractivity contribution in [1.82, 2.24) is 14.9 Å². The molecule has 1 atom stereocenters. The minimum absolute atomic E-state index is 0.135. The van der Waals surface area contributed by atoms with E-state index in [0.717, 1.165) is 61.9 Å². The lowest BCUT2D eigenvalue weighted by Crippen LogP contribution is -2.26. The summed E-state index contributed by atoms with van der Waals surface area (Å²) in [5, 5.41) is 10.5. The Labute approximate surface area is 238 Å². The van der Waals surface area contributed by atoms with Crippen molar-refractivity contribution in [2.24, 2.45) is 10.9 Å². The second kappa shape index (κ2) is 14.3. The van der Waals surface area contributed by atoms with Crippen LogP contribution in [0.1, 0.15) is 52.0 Å². The minimum Gasteiger partial charge on any atom is -0.497 e. The van der Waals surface area contributed by atoms with Crippen LogP contribution in [0.4, 0.5) is 5.69 Å². The highest BCUT2D eigenvalue weighted by molar-refractivity contribution is 7.97. The first-order valence-corrected chi connectivity index (χ1v) is 14.7. The van der Waals surface area contributed by atoms with E-state index in [9.17, 15) is 0 Å². The van der Waals surface area contributed by atoms with Gasteiger partial charge in [-0.2, -0.15) is 0 Å². The molecule has 0 saturated heterocycles. The molecule has 3 N–H and O–H groups in total. The van der Waals surface area contributed by atoms with Crippen molar-refractivity contribution in [2.45, 2.75) is 57.4 Å². The summed E-state index contributed by atoms with van der Waals surface area (Å²) in [7, 11) is 3.42. The van der Waals surface area contributed by atoms with E-state index in [1.807, 2.05) is 24.1 Å². The van der Waals surface area contributed by atoms with Crippen molar-refractivity contribution < 1.29 is 9.47 Å². The third kappa shape index (κ3) is 8.44. The van der Waals surface area contributed by atoms with Gasteiger partial charge in [0.2, 0.25) is 0 Å². The van der Waals surface area contributed by atoms with Crippen LogP contribution in [0.25, 0.3) is 5.70 Å². The third-order valence-corrected chi connectivity index (χ3v) is 7.83. The zero-order valence-corrected chi connectivity index (χ0v) is 24.7. The highest BCUT2D eigenvalue weighted by atomic mass is 32.2. The van der Waals surface area contributed by atoms with Crippen LogP contribution < -0.4 is 25.4 Å². The van der Waals surface area contributed by atoms with Gasteiger partial charge in [0.1, 0.15) is 17.3 Å². The smallest absolute Gasteiger partial charge is 0.142 e. The van der Waals surface area contributed by atoms with Gasteiger partial charge < -0.3 is 25.4 Å². The molecule has 0 aromatic heterocycles. The molecule has 1 saturated carbocycles. The monoisotopic (exact) mass is 549 g/mol. The number of anilines is 1. The predicted molar refractivity (Wildman–Crippen MR) is 164 cm³/mol. The van der Waals surface area contributed by atoms with Crippen LogP contribution >= 0.6 is 11.9 Å². The summed E-state index contributed by atoms with van der Waals surface area (Å²) in [6.07, 6.45) is 8.44. The Hall–Kier alpha value is -3.10. The Kier molecular flexibility index (Phi) is 10.6. The molecule has 0 amide bonds. The highest BCUT2D eigenvalue weighted by Gasteiger charge is 2.18. The molecule has 7 nitrogen and oxygen atoms in total. The lowest BCUT2D eigenvalue weighted by molar-refractivity contribution is 0.399. The van der Waals surface area contributed by atoms with Crippen molar-refractivity contribution in [2.75, 3.05) is 39.2 Å². The number of allylic oxidation sites excluding steroid dienone is 1. The molecule has 0 spiro atoms. The molecular weight excluding hydrogens is 506 g/mol. The Balaban J connectivity index is 1.40. The molecule has 210 valence electrons. The van der Waals surface area contributed by atoms with Crippen molar-refractivity contribution >= 4 is 29.7 Å². The van der Waals surface area contributed by atoms with Crippen molar-refractivity contribution in [1.29, 1.82) is 0 Å². The maximum atomic E-state index is 5.67. The summed E-state index contributed by atoms with van der Waals surface area (Å²) < 4.78 is 13.5. The lowest BCUT2D eigenvalue weighted by atomic mass is 9.88. The fourth-order valence-electron chi connectivity index (χ4n) is 4.61. The molecule has 0 bridgehead atoms. The fourth-order valence-corrected chi connectivity index (χ4v) is 5.76. The van der Waals surface area contributed by atoms with Gasteiger partial charge in [-0.1, -0.05) is 13.8 Å². The zero-order valence-electron chi connectivity index (χ0n) is 23.9. The predicted octanol–water partition coefficient (Wildman–Crippen LogP) is 6.52. The number of benzene rings is 2. The van der Waals surface area contributed by atoms with Crippen LogP contribution in [0.3, 0.4) is 0 Å². The van der Waals surface area contributed by atoms with E-state index < -0.39 is 0 Å². The molecular formula is C31H43N5O2S. The van der Waals surface area contributed by atoms with Gasteiger partial charge in [-0.15, -0.1) is 0 Å². The normalized spacial score (nSPS) is 16.4. The molecule has 1 heterocycles. The molecule has 2 aromatic rings.